The van der Waals surface area contributed by atoms with Gasteiger partial charge in [-0.05, 0) is 24.8 Å². The van der Waals surface area contributed by atoms with Crippen LogP contribution in [0.2, 0.25) is 0 Å². The fourth-order valence-corrected chi connectivity index (χ4v) is 4.15. The second kappa shape index (κ2) is 7.22. The number of rotatable bonds is 6. The molecular formula is C19H24N4OS. The van der Waals surface area contributed by atoms with Crippen molar-refractivity contribution in [2.24, 2.45) is 5.92 Å². The summed E-state index contributed by atoms with van der Waals surface area (Å²) in [6, 6.07) is 8.33. The summed E-state index contributed by atoms with van der Waals surface area (Å²) in [6.07, 6.45) is 4.56. The van der Waals surface area contributed by atoms with Crippen LogP contribution >= 0.6 is 11.8 Å². The summed E-state index contributed by atoms with van der Waals surface area (Å²) < 4.78 is 8.12. The molecule has 4 rings (SSSR count). The molecule has 1 aliphatic heterocycles. The molecule has 1 saturated heterocycles. The maximum Gasteiger partial charge on any atom is 0.191 e. The normalized spacial score (nSPS) is 17.8. The average Bonchev–Trinajstić information content (AvgIpc) is 3.33. The van der Waals surface area contributed by atoms with E-state index in [9.17, 15) is 0 Å². The van der Waals surface area contributed by atoms with Crippen LogP contribution in [0.3, 0.4) is 0 Å². The average molecular weight is 356 g/mol. The Hall–Kier alpha value is -1.79. The number of fused-ring (bicyclic) bond motifs is 1. The number of thioether (sulfide) groups is 1. The third-order valence-electron chi connectivity index (χ3n) is 4.50. The van der Waals surface area contributed by atoms with E-state index in [1.165, 1.54) is 5.39 Å². The van der Waals surface area contributed by atoms with Gasteiger partial charge in [-0.25, -0.2) is 0 Å². The highest BCUT2D eigenvalue weighted by atomic mass is 32.2. The Morgan fingerprint density at radius 1 is 1.32 bits per heavy atom. The van der Waals surface area contributed by atoms with E-state index in [1.54, 1.807) is 11.8 Å². The van der Waals surface area contributed by atoms with Gasteiger partial charge in [-0.1, -0.05) is 43.8 Å². The maximum absolute atomic E-state index is 5.87. The molecule has 1 N–H and O–H groups in total. The molecule has 132 valence electrons. The van der Waals surface area contributed by atoms with Crippen molar-refractivity contribution in [2.45, 2.75) is 44.5 Å². The molecule has 6 heteroatoms. The number of nitrogens with one attached hydrogen (secondary N) is 1. The molecule has 0 spiro atoms. The van der Waals surface area contributed by atoms with E-state index in [2.05, 4.69) is 51.8 Å². The Bertz CT molecular complexity index is 848. The Morgan fingerprint density at radius 2 is 2.20 bits per heavy atom. The van der Waals surface area contributed by atoms with Gasteiger partial charge in [0, 0.05) is 35.0 Å². The van der Waals surface area contributed by atoms with Gasteiger partial charge in [0.15, 0.2) is 11.0 Å². The smallest absolute Gasteiger partial charge is 0.191 e. The first-order chi connectivity index (χ1) is 12.2. The van der Waals surface area contributed by atoms with Crippen molar-refractivity contribution in [3.05, 3.63) is 30.5 Å². The molecule has 0 unspecified atom stereocenters. The Kier molecular flexibility index (Phi) is 4.81. The molecule has 1 aromatic carbocycles. The van der Waals surface area contributed by atoms with Crippen molar-refractivity contribution < 1.29 is 4.74 Å². The molecular weight excluding hydrogens is 332 g/mol. The minimum atomic E-state index is 0.262. The second-order valence-corrected chi connectivity index (χ2v) is 7.99. The molecule has 0 radical (unpaired) electrons. The summed E-state index contributed by atoms with van der Waals surface area (Å²) in [5, 5.41) is 11.2. The highest BCUT2D eigenvalue weighted by Gasteiger charge is 2.23. The maximum atomic E-state index is 5.87. The number of aromatic nitrogens is 4. The van der Waals surface area contributed by atoms with Gasteiger partial charge in [-0.15, -0.1) is 10.2 Å². The van der Waals surface area contributed by atoms with E-state index in [4.69, 9.17) is 4.74 Å². The molecule has 0 aliphatic carbocycles. The van der Waals surface area contributed by atoms with Crippen LogP contribution in [0.25, 0.3) is 22.3 Å². The van der Waals surface area contributed by atoms with Gasteiger partial charge in [0.05, 0.1) is 12.6 Å². The van der Waals surface area contributed by atoms with Crippen LogP contribution in [0.15, 0.2) is 35.6 Å². The van der Waals surface area contributed by atoms with Crippen LogP contribution in [0, 0.1) is 5.92 Å². The van der Waals surface area contributed by atoms with E-state index in [-0.39, 0.29) is 6.10 Å². The van der Waals surface area contributed by atoms with E-state index >= 15 is 0 Å². The van der Waals surface area contributed by atoms with Crippen LogP contribution in [0.5, 0.6) is 0 Å². The minimum absolute atomic E-state index is 0.262. The summed E-state index contributed by atoms with van der Waals surface area (Å²) in [4.78, 5) is 3.35. The van der Waals surface area contributed by atoms with Crippen molar-refractivity contribution in [1.29, 1.82) is 0 Å². The topological polar surface area (TPSA) is 55.7 Å². The molecule has 1 atom stereocenters. The number of nitrogens with zero attached hydrogens (tertiary/aromatic N) is 3. The number of H-pyrrole nitrogens is 1. The molecule has 0 saturated carbocycles. The lowest BCUT2D eigenvalue weighted by Gasteiger charge is -2.15. The second-order valence-electron chi connectivity index (χ2n) is 7.00. The summed E-state index contributed by atoms with van der Waals surface area (Å²) in [6.45, 7) is 6.15. The quantitative estimate of drug-likeness (QED) is 0.667. The SMILES string of the molecule is CC(C)CSc1nnc(-c2c[nH]c3ccccc23)n1C[C@@H]1CCCO1. The lowest BCUT2D eigenvalue weighted by Crippen LogP contribution is -2.16. The molecule has 5 nitrogen and oxygen atoms in total. The lowest BCUT2D eigenvalue weighted by atomic mass is 10.1. The van der Waals surface area contributed by atoms with Crippen LogP contribution in [-0.4, -0.2) is 38.2 Å². The molecule has 3 aromatic rings. The van der Waals surface area contributed by atoms with Crippen molar-refractivity contribution in [3.63, 3.8) is 0 Å². The van der Waals surface area contributed by atoms with E-state index in [0.717, 1.165) is 53.8 Å². The summed E-state index contributed by atoms with van der Waals surface area (Å²) in [5.41, 5.74) is 2.23. The predicted molar refractivity (Wildman–Crippen MR) is 102 cm³/mol. The zero-order valence-electron chi connectivity index (χ0n) is 14.7. The number of hydrogen-bond acceptors (Lipinski definition) is 4. The third kappa shape index (κ3) is 3.46. The highest BCUT2D eigenvalue weighted by Crippen LogP contribution is 2.31. The zero-order chi connectivity index (χ0) is 17.2. The Labute approximate surface area is 152 Å². The van der Waals surface area contributed by atoms with E-state index in [1.807, 2.05) is 12.3 Å². The van der Waals surface area contributed by atoms with Gasteiger partial charge in [0.1, 0.15) is 0 Å². The first-order valence-corrected chi connectivity index (χ1v) is 9.95. The van der Waals surface area contributed by atoms with Gasteiger partial charge in [0.25, 0.3) is 0 Å². The predicted octanol–water partition coefficient (Wildman–Crippen LogP) is 4.35. The van der Waals surface area contributed by atoms with Crippen molar-refractivity contribution >= 4 is 22.7 Å². The van der Waals surface area contributed by atoms with Crippen LogP contribution in [-0.2, 0) is 11.3 Å². The summed E-state index contributed by atoms with van der Waals surface area (Å²) >= 11 is 1.79. The first kappa shape index (κ1) is 16.7. The lowest BCUT2D eigenvalue weighted by molar-refractivity contribution is 0.0953. The van der Waals surface area contributed by atoms with Gasteiger partial charge in [0.2, 0.25) is 0 Å². The monoisotopic (exact) mass is 356 g/mol. The zero-order valence-corrected chi connectivity index (χ0v) is 15.6. The van der Waals surface area contributed by atoms with E-state index < -0.39 is 0 Å². The van der Waals surface area contributed by atoms with Gasteiger partial charge in [-0.2, -0.15) is 0 Å². The molecule has 1 fully saturated rings. The fraction of sp³-hybridized carbons (Fsp3) is 0.474. The van der Waals surface area contributed by atoms with Crippen molar-refractivity contribution in [2.75, 3.05) is 12.4 Å². The number of para-hydroxylation sites is 1. The van der Waals surface area contributed by atoms with E-state index in [0.29, 0.717) is 5.92 Å². The summed E-state index contributed by atoms with van der Waals surface area (Å²) in [7, 11) is 0. The molecule has 25 heavy (non-hydrogen) atoms. The molecule has 0 bridgehead atoms. The highest BCUT2D eigenvalue weighted by molar-refractivity contribution is 7.99. The number of aromatic amines is 1. The van der Waals surface area contributed by atoms with Crippen LogP contribution in [0.1, 0.15) is 26.7 Å². The van der Waals surface area contributed by atoms with Gasteiger partial charge >= 0.3 is 0 Å². The molecule has 2 aromatic heterocycles. The molecule has 0 amide bonds. The van der Waals surface area contributed by atoms with Crippen molar-refractivity contribution in [3.8, 4) is 11.4 Å². The molecule has 1 aliphatic rings. The first-order valence-electron chi connectivity index (χ1n) is 8.96. The number of benzene rings is 1. The van der Waals surface area contributed by atoms with Crippen LogP contribution < -0.4 is 0 Å². The third-order valence-corrected chi connectivity index (χ3v) is 5.90. The number of hydrogen-bond donors (Lipinski definition) is 1. The van der Waals surface area contributed by atoms with Crippen molar-refractivity contribution in [1.82, 2.24) is 19.7 Å². The summed E-state index contributed by atoms with van der Waals surface area (Å²) in [5.74, 6) is 2.59. The fourth-order valence-electron chi connectivity index (χ4n) is 3.25. The number of ether oxygens (including phenoxy) is 1. The van der Waals surface area contributed by atoms with Gasteiger partial charge in [-0.3, -0.25) is 4.57 Å². The van der Waals surface area contributed by atoms with Gasteiger partial charge < -0.3 is 9.72 Å². The standard InChI is InChI=1S/C19H24N4OS/c1-13(2)12-25-19-22-21-18(23(19)11-14-6-5-9-24-14)16-10-20-17-8-4-3-7-15(16)17/h3-4,7-8,10,13-14,20H,5-6,9,11-12H2,1-2H3/t14-/m0/s1. The largest absolute Gasteiger partial charge is 0.376 e. The Balaban J connectivity index is 1.72. The minimum Gasteiger partial charge on any atom is -0.376 e. The van der Waals surface area contributed by atoms with Crippen LogP contribution in [0.4, 0.5) is 0 Å². The Morgan fingerprint density at radius 3 is 3.00 bits per heavy atom. The molecule has 3 heterocycles.